The highest BCUT2D eigenvalue weighted by Gasteiger charge is 2.17. The van der Waals surface area contributed by atoms with Crippen molar-refractivity contribution < 1.29 is 14.3 Å². The summed E-state index contributed by atoms with van der Waals surface area (Å²) in [5.41, 5.74) is 0.189. The van der Waals surface area contributed by atoms with Gasteiger partial charge in [-0.3, -0.25) is 0 Å². The van der Waals surface area contributed by atoms with Gasteiger partial charge in [0.05, 0.1) is 25.3 Å². The standard InChI is InChI=1S/C10H8ClNO3/c1-14-8-4-3-6(10(13)15-2)7(5-12)9(8)11/h3-4H,1-2H3. The summed E-state index contributed by atoms with van der Waals surface area (Å²) in [4.78, 5) is 11.3. The van der Waals surface area contributed by atoms with Gasteiger partial charge in [0.1, 0.15) is 16.8 Å². The molecule has 78 valence electrons. The van der Waals surface area contributed by atoms with Gasteiger partial charge < -0.3 is 9.47 Å². The quantitative estimate of drug-likeness (QED) is 0.723. The van der Waals surface area contributed by atoms with E-state index in [4.69, 9.17) is 21.6 Å². The van der Waals surface area contributed by atoms with Crippen molar-refractivity contribution in [3.63, 3.8) is 0 Å². The molecule has 0 bridgehead atoms. The predicted octanol–water partition coefficient (Wildman–Crippen LogP) is 2.01. The largest absolute Gasteiger partial charge is 0.495 e. The Morgan fingerprint density at radius 1 is 1.47 bits per heavy atom. The second-order valence-electron chi connectivity index (χ2n) is 2.61. The maximum atomic E-state index is 11.3. The lowest BCUT2D eigenvalue weighted by atomic mass is 10.1. The first-order chi connectivity index (χ1) is 7.15. The number of benzene rings is 1. The SMILES string of the molecule is COC(=O)c1ccc(OC)c(Cl)c1C#N. The van der Waals surface area contributed by atoms with Crippen LogP contribution in [0, 0.1) is 11.3 Å². The Labute approximate surface area is 92.0 Å². The molecule has 0 amide bonds. The monoisotopic (exact) mass is 225 g/mol. The molecule has 0 heterocycles. The fourth-order valence-corrected chi connectivity index (χ4v) is 1.39. The molecule has 0 atom stereocenters. The summed E-state index contributed by atoms with van der Waals surface area (Å²) >= 11 is 5.86. The van der Waals surface area contributed by atoms with Crippen LogP contribution in [0.1, 0.15) is 15.9 Å². The lowest BCUT2D eigenvalue weighted by Crippen LogP contribution is -2.05. The topological polar surface area (TPSA) is 59.3 Å². The molecule has 0 unspecified atom stereocenters. The molecule has 0 fully saturated rings. The van der Waals surface area contributed by atoms with E-state index in [1.807, 2.05) is 6.07 Å². The number of ether oxygens (including phenoxy) is 2. The Morgan fingerprint density at radius 2 is 2.13 bits per heavy atom. The Hall–Kier alpha value is -1.73. The summed E-state index contributed by atoms with van der Waals surface area (Å²) in [5, 5.41) is 8.98. The van der Waals surface area contributed by atoms with Crippen LogP contribution >= 0.6 is 11.6 Å². The van der Waals surface area contributed by atoms with Crippen molar-refractivity contribution in [3.8, 4) is 11.8 Å². The number of nitrogens with zero attached hydrogens (tertiary/aromatic N) is 1. The van der Waals surface area contributed by atoms with E-state index in [9.17, 15) is 4.79 Å². The summed E-state index contributed by atoms with van der Waals surface area (Å²) < 4.78 is 9.44. The molecule has 1 aromatic carbocycles. The molecule has 1 rings (SSSR count). The van der Waals surface area contributed by atoms with E-state index >= 15 is 0 Å². The summed E-state index contributed by atoms with van der Waals surface area (Å²) in [6.45, 7) is 0. The number of carbonyl (C=O) groups excluding carboxylic acids is 1. The van der Waals surface area contributed by atoms with E-state index in [0.717, 1.165) is 0 Å². The third-order valence-electron chi connectivity index (χ3n) is 1.84. The van der Waals surface area contributed by atoms with Crippen LogP contribution in [0.2, 0.25) is 5.02 Å². The average molecular weight is 226 g/mol. The van der Waals surface area contributed by atoms with Crippen molar-refractivity contribution in [1.29, 1.82) is 5.26 Å². The first-order valence-corrected chi connectivity index (χ1v) is 4.38. The molecule has 15 heavy (non-hydrogen) atoms. The van der Waals surface area contributed by atoms with Gasteiger partial charge in [-0.1, -0.05) is 11.6 Å². The maximum Gasteiger partial charge on any atom is 0.339 e. The molecule has 0 radical (unpaired) electrons. The molecule has 0 saturated heterocycles. The molecule has 5 heteroatoms. The fraction of sp³-hybridized carbons (Fsp3) is 0.200. The normalized spacial score (nSPS) is 9.20. The lowest BCUT2D eigenvalue weighted by molar-refractivity contribution is 0.0600. The summed E-state index contributed by atoms with van der Waals surface area (Å²) in [6, 6.07) is 4.79. The zero-order chi connectivity index (χ0) is 11.4. The minimum Gasteiger partial charge on any atom is -0.495 e. The zero-order valence-corrected chi connectivity index (χ0v) is 8.96. The zero-order valence-electron chi connectivity index (χ0n) is 8.20. The number of hydrogen-bond acceptors (Lipinski definition) is 4. The van der Waals surface area contributed by atoms with E-state index < -0.39 is 5.97 Å². The van der Waals surface area contributed by atoms with Crippen LogP contribution in [-0.2, 0) is 4.74 Å². The number of rotatable bonds is 2. The molecule has 0 N–H and O–H groups in total. The summed E-state index contributed by atoms with van der Waals surface area (Å²) in [6.07, 6.45) is 0. The lowest BCUT2D eigenvalue weighted by Gasteiger charge is -2.07. The van der Waals surface area contributed by atoms with Gasteiger partial charge >= 0.3 is 5.97 Å². The van der Waals surface area contributed by atoms with Crippen LogP contribution in [0.5, 0.6) is 5.75 Å². The van der Waals surface area contributed by atoms with Crippen LogP contribution in [0.25, 0.3) is 0 Å². The molecular weight excluding hydrogens is 218 g/mol. The van der Waals surface area contributed by atoms with Gasteiger partial charge in [-0.15, -0.1) is 0 Å². The van der Waals surface area contributed by atoms with Gasteiger partial charge in [-0.05, 0) is 12.1 Å². The number of nitriles is 1. The molecule has 0 aliphatic rings. The van der Waals surface area contributed by atoms with Crippen molar-refractivity contribution in [2.24, 2.45) is 0 Å². The molecule has 0 spiro atoms. The molecule has 0 aliphatic carbocycles. The first kappa shape index (κ1) is 11.3. The number of halogens is 1. The highest BCUT2D eigenvalue weighted by Crippen LogP contribution is 2.30. The van der Waals surface area contributed by atoms with Crippen LogP contribution in [-0.4, -0.2) is 20.2 Å². The van der Waals surface area contributed by atoms with Crippen molar-refractivity contribution in [3.05, 3.63) is 28.3 Å². The van der Waals surface area contributed by atoms with Crippen molar-refractivity contribution in [2.75, 3.05) is 14.2 Å². The predicted molar refractivity (Wildman–Crippen MR) is 54.1 cm³/mol. The van der Waals surface area contributed by atoms with Crippen molar-refractivity contribution >= 4 is 17.6 Å². The maximum absolute atomic E-state index is 11.3. The first-order valence-electron chi connectivity index (χ1n) is 4.00. The Kier molecular flexibility index (Phi) is 3.53. The molecule has 4 nitrogen and oxygen atoms in total. The number of carbonyl (C=O) groups is 1. The Morgan fingerprint density at radius 3 is 2.60 bits per heavy atom. The van der Waals surface area contributed by atoms with Crippen molar-refractivity contribution in [2.45, 2.75) is 0 Å². The molecule has 0 saturated carbocycles. The van der Waals surface area contributed by atoms with Crippen LogP contribution in [0.15, 0.2) is 12.1 Å². The Balaban J connectivity index is 3.39. The third kappa shape index (κ3) is 2.03. The van der Waals surface area contributed by atoms with E-state index in [2.05, 4.69) is 4.74 Å². The third-order valence-corrected chi connectivity index (χ3v) is 2.22. The van der Waals surface area contributed by atoms with Gasteiger partial charge in [-0.2, -0.15) is 5.26 Å². The number of hydrogen-bond donors (Lipinski definition) is 0. The van der Waals surface area contributed by atoms with Gasteiger partial charge in [0.25, 0.3) is 0 Å². The smallest absolute Gasteiger partial charge is 0.339 e. The minimum absolute atomic E-state index is 0.0582. The number of methoxy groups -OCH3 is 2. The van der Waals surface area contributed by atoms with E-state index in [-0.39, 0.29) is 16.1 Å². The van der Waals surface area contributed by atoms with Crippen LogP contribution in [0.4, 0.5) is 0 Å². The molecule has 0 aromatic heterocycles. The summed E-state index contributed by atoms with van der Waals surface area (Å²) in [7, 11) is 2.67. The average Bonchev–Trinajstić information content (AvgIpc) is 2.27. The Bertz CT molecular complexity index is 437. The highest BCUT2D eigenvalue weighted by molar-refractivity contribution is 6.33. The van der Waals surface area contributed by atoms with Crippen LogP contribution in [0.3, 0.4) is 0 Å². The van der Waals surface area contributed by atoms with Gasteiger partial charge in [0.15, 0.2) is 0 Å². The second-order valence-corrected chi connectivity index (χ2v) is 2.99. The fourth-order valence-electron chi connectivity index (χ4n) is 1.10. The molecule has 1 aromatic rings. The van der Waals surface area contributed by atoms with Gasteiger partial charge in [-0.25, -0.2) is 4.79 Å². The minimum atomic E-state index is -0.601. The second kappa shape index (κ2) is 4.67. The van der Waals surface area contributed by atoms with E-state index in [1.54, 1.807) is 0 Å². The summed E-state index contributed by atoms with van der Waals surface area (Å²) in [5.74, 6) is -0.253. The molecule has 0 aliphatic heterocycles. The van der Waals surface area contributed by atoms with Crippen molar-refractivity contribution in [1.82, 2.24) is 0 Å². The van der Waals surface area contributed by atoms with E-state index in [0.29, 0.717) is 5.75 Å². The molecular formula is C10H8ClNO3. The number of esters is 1. The van der Waals surface area contributed by atoms with Crippen LogP contribution < -0.4 is 4.74 Å². The highest BCUT2D eigenvalue weighted by atomic mass is 35.5. The van der Waals surface area contributed by atoms with Gasteiger partial charge in [0, 0.05) is 0 Å². The van der Waals surface area contributed by atoms with Gasteiger partial charge in [0.2, 0.25) is 0 Å². The van der Waals surface area contributed by atoms with E-state index in [1.165, 1.54) is 26.4 Å².